The molecule has 0 unspecified atom stereocenters. The molecule has 0 radical (unpaired) electrons. The van der Waals surface area contributed by atoms with Crippen molar-refractivity contribution in [1.29, 1.82) is 0 Å². The first-order valence-electron chi connectivity index (χ1n) is 7.29. The number of nitrogens with one attached hydrogen (secondary N) is 2. The van der Waals surface area contributed by atoms with Crippen LogP contribution in [0.5, 0.6) is 0 Å². The quantitative estimate of drug-likeness (QED) is 0.517. The number of nitrogens with zero attached hydrogens (tertiary/aromatic N) is 6. The van der Waals surface area contributed by atoms with Crippen molar-refractivity contribution in [2.75, 3.05) is 0 Å². The number of hydrogen-bond donors (Lipinski definition) is 2. The normalized spacial score (nSPS) is 11.3. The van der Waals surface area contributed by atoms with E-state index in [0.717, 1.165) is 33.4 Å². The minimum absolute atomic E-state index is 0.661. The van der Waals surface area contributed by atoms with Gasteiger partial charge in [-0.15, -0.1) is 0 Å². The number of aromatic amines is 2. The molecule has 24 heavy (non-hydrogen) atoms. The van der Waals surface area contributed by atoms with Gasteiger partial charge in [-0.05, 0) is 18.2 Å². The summed E-state index contributed by atoms with van der Waals surface area (Å²) in [5.41, 5.74) is 4.71. The fourth-order valence-corrected chi connectivity index (χ4v) is 2.64. The van der Waals surface area contributed by atoms with Crippen molar-refractivity contribution in [3.05, 3.63) is 49.3 Å². The van der Waals surface area contributed by atoms with Crippen LogP contribution in [0.2, 0.25) is 0 Å². The highest BCUT2D eigenvalue weighted by atomic mass is 15.1. The third-order valence-corrected chi connectivity index (χ3v) is 3.79. The van der Waals surface area contributed by atoms with Crippen LogP contribution < -0.4 is 0 Å². The summed E-state index contributed by atoms with van der Waals surface area (Å²) in [6.45, 7) is 0. The Labute approximate surface area is 135 Å². The molecule has 0 atom stereocenters. The van der Waals surface area contributed by atoms with E-state index in [9.17, 15) is 0 Å². The van der Waals surface area contributed by atoms with E-state index >= 15 is 0 Å². The van der Waals surface area contributed by atoms with E-state index in [1.807, 2.05) is 18.2 Å². The molecule has 8 heteroatoms. The highest BCUT2D eigenvalue weighted by Gasteiger charge is 2.14. The average Bonchev–Trinajstić information content (AvgIpc) is 3.25. The van der Waals surface area contributed by atoms with Gasteiger partial charge < -0.3 is 4.98 Å². The lowest BCUT2D eigenvalue weighted by Gasteiger charge is -1.99. The van der Waals surface area contributed by atoms with Crippen molar-refractivity contribution in [2.24, 2.45) is 0 Å². The molecule has 0 amide bonds. The summed E-state index contributed by atoms with van der Waals surface area (Å²) < 4.78 is 0. The molecule has 0 aliphatic heterocycles. The van der Waals surface area contributed by atoms with Crippen LogP contribution in [0, 0.1) is 0 Å². The van der Waals surface area contributed by atoms with Crippen LogP contribution in [0.1, 0.15) is 0 Å². The summed E-state index contributed by atoms with van der Waals surface area (Å²) in [5, 5.41) is 8.28. The van der Waals surface area contributed by atoms with Crippen LogP contribution >= 0.6 is 0 Å². The molecule has 0 aliphatic carbocycles. The van der Waals surface area contributed by atoms with E-state index in [1.165, 1.54) is 6.33 Å². The Morgan fingerprint density at radius 1 is 0.958 bits per heavy atom. The van der Waals surface area contributed by atoms with Gasteiger partial charge in [-0.3, -0.25) is 10.1 Å². The number of imidazole rings is 1. The highest BCUT2D eigenvalue weighted by molar-refractivity contribution is 5.94. The van der Waals surface area contributed by atoms with Crippen LogP contribution in [0.4, 0.5) is 0 Å². The van der Waals surface area contributed by atoms with Crippen molar-refractivity contribution in [2.45, 2.75) is 0 Å². The van der Waals surface area contributed by atoms with Gasteiger partial charge in [0.05, 0.1) is 22.9 Å². The van der Waals surface area contributed by atoms with Crippen LogP contribution in [0.15, 0.2) is 49.3 Å². The van der Waals surface area contributed by atoms with Gasteiger partial charge in [-0.2, -0.15) is 5.10 Å². The molecule has 2 N–H and O–H groups in total. The molecule has 0 bridgehead atoms. The van der Waals surface area contributed by atoms with Crippen molar-refractivity contribution < 1.29 is 0 Å². The van der Waals surface area contributed by atoms with E-state index < -0.39 is 0 Å². The minimum atomic E-state index is 0.661. The second-order valence-electron chi connectivity index (χ2n) is 5.27. The third kappa shape index (κ3) is 1.93. The Kier molecular flexibility index (Phi) is 2.63. The van der Waals surface area contributed by atoms with Gasteiger partial charge in [0.25, 0.3) is 0 Å². The Hall–Kier alpha value is -3.68. The number of hydrogen-bond acceptors (Lipinski definition) is 6. The summed E-state index contributed by atoms with van der Waals surface area (Å²) in [4.78, 5) is 24.5. The Bertz CT molecular complexity index is 1130. The molecule has 5 rings (SSSR count). The molecule has 5 heterocycles. The Morgan fingerprint density at radius 3 is 2.75 bits per heavy atom. The molecule has 5 aromatic heterocycles. The van der Waals surface area contributed by atoms with Crippen molar-refractivity contribution in [3.63, 3.8) is 0 Å². The maximum atomic E-state index is 4.51. The summed E-state index contributed by atoms with van der Waals surface area (Å²) in [7, 11) is 0. The third-order valence-electron chi connectivity index (χ3n) is 3.79. The van der Waals surface area contributed by atoms with Crippen LogP contribution in [-0.2, 0) is 0 Å². The molecule has 0 aliphatic rings. The van der Waals surface area contributed by atoms with E-state index in [4.69, 9.17) is 0 Å². The summed E-state index contributed by atoms with van der Waals surface area (Å²) in [6, 6.07) is 5.75. The van der Waals surface area contributed by atoms with Crippen molar-refractivity contribution in [3.8, 4) is 22.8 Å². The molecule has 8 nitrogen and oxygen atoms in total. The zero-order valence-electron chi connectivity index (χ0n) is 12.3. The molecular formula is C16H10N8. The van der Waals surface area contributed by atoms with E-state index in [1.54, 1.807) is 24.8 Å². The predicted molar refractivity (Wildman–Crippen MR) is 87.8 cm³/mol. The fourth-order valence-electron chi connectivity index (χ4n) is 2.64. The summed E-state index contributed by atoms with van der Waals surface area (Å²) >= 11 is 0. The predicted octanol–water partition coefficient (Wildman–Crippen LogP) is 2.35. The van der Waals surface area contributed by atoms with Gasteiger partial charge in [0.15, 0.2) is 11.5 Å². The monoisotopic (exact) mass is 314 g/mol. The first kappa shape index (κ1) is 12.8. The number of pyridine rings is 2. The number of H-pyrrole nitrogens is 2. The molecule has 0 spiro atoms. The highest BCUT2D eigenvalue weighted by Crippen LogP contribution is 2.28. The van der Waals surface area contributed by atoms with Gasteiger partial charge in [0.2, 0.25) is 0 Å². The van der Waals surface area contributed by atoms with Crippen LogP contribution in [0.25, 0.3) is 44.8 Å². The lowest BCUT2D eigenvalue weighted by molar-refractivity contribution is 1.10. The topological polar surface area (TPSA) is 109 Å². The smallest absolute Gasteiger partial charge is 0.178 e. The lowest BCUT2D eigenvalue weighted by atomic mass is 10.1. The standard InChI is InChI=1S/C16H10N8/c1-2-11-15(19-3-1)22-16(21-11)14-10-4-12(9-5-17-8-18-6-9)20-7-13(10)23-24-14/h1-8H,(H,23,24)(H,19,21,22). The molecular weight excluding hydrogens is 304 g/mol. The molecule has 0 fully saturated rings. The van der Waals surface area contributed by atoms with E-state index in [2.05, 4.69) is 40.1 Å². The van der Waals surface area contributed by atoms with Gasteiger partial charge >= 0.3 is 0 Å². The fraction of sp³-hybridized carbons (Fsp3) is 0. The minimum Gasteiger partial charge on any atom is -0.335 e. The first-order valence-corrected chi connectivity index (χ1v) is 7.29. The SMILES string of the molecule is c1cnc2nc(-c3n[nH]c4cnc(-c5cncnc5)cc34)[nH]c2c1. The van der Waals surface area contributed by atoms with Crippen LogP contribution in [-0.4, -0.2) is 40.1 Å². The van der Waals surface area contributed by atoms with Crippen molar-refractivity contribution in [1.82, 2.24) is 40.1 Å². The van der Waals surface area contributed by atoms with Gasteiger partial charge in [-0.1, -0.05) is 0 Å². The molecule has 114 valence electrons. The zero-order chi connectivity index (χ0) is 15.9. The Morgan fingerprint density at radius 2 is 1.88 bits per heavy atom. The van der Waals surface area contributed by atoms with E-state index in [0.29, 0.717) is 11.5 Å². The number of aromatic nitrogens is 8. The second kappa shape index (κ2) is 4.92. The molecule has 0 saturated carbocycles. The summed E-state index contributed by atoms with van der Waals surface area (Å²) in [5.74, 6) is 0.663. The second-order valence-corrected chi connectivity index (χ2v) is 5.27. The Balaban J connectivity index is 1.71. The first-order chi connectivity index (χ1) is 11.9. The van der Waals surface area contributed by atoms with E-state index in [-0.39, 0.29) is 0 Å². The molecule has 0 saturated heterocycles. The van der Waals surface area contributed by atoms with Crippen LogP contribution in [0.3, 0.4) is 0 Å². The molecule has 0 aromatic carbocycles. The number of rotatable bonds is 2. The summed E-state index contributed by atoms with van der Waals surface area (Å²) in [6.07, 6.45) is 8.41. The largest absolute Gasteiger partial charge is 0.335 e. The van der Waals surface area contributed by atoms with Crippen molar-refractivity contribution >= 4 is 22.1 Å². The van der Waals surface area contributed by atoms with Gasteiger partial charge in [0, 0.05) is 29.5 Å². The number of fused-ring (bicyclic) bond motifs is 2. The van der Waals surface area contributed by atoms with Gasteiger partial charge in [0.1, 0.15) is 12.0 Å². The average molecular weight is 314 g/mol. The zero-order valence-corrected chi connectivity index (χ0v) is 12.3. The maximum Gasteiger partial charge on any atom is 0.178 e. The lowest BCUT2D eigenvalue weighted by Crippen LogP contribution is -1.87. The maximum absolute atomic E-state index is 4.51. The van der Waals surface area contributed by atoms with Gasteiger partial charge in [-0.25, -0.2) is 19.9 Å². The molecule has 5 aromatic rings.